The van der Waals surface area contributed by atoms with Crippen molar-refractivity contribution < 1.29 is 4.79 Å². The molecule has 0 fully saturated rings. The molecule has 0 saturated heterocycles. The summed E-state index contributed by atoms with van der Waals surface area (Å²) in [7, 11) is 0. The second-order valence-corrected chi connectivity index (χ2v) is 3.76. The van der Waals surface area contributed by atoms with Crippen molar-refractivity contribution in [3.05, 3.63) is 48.0 Å². The average molecular weight is 223 g/mol. The number of hydrogen-bond donors (Lipinski definition) is 1. The molecular formula is C15H13NO. The van der Waals surface area contributed by atoms with Gasteiger partial charge in [0.1, 0.15) is 0 Å². The van der Waals surface area contributed by atoms with E-state index in [0.29, 0.717) is 6.54 Å². The molecule has 0 aliphatic carbocycles. The Labute approximate surface area is 101 Å². The summed E-state index contributed by atoms with van der Waals surface area (Å²) < 4.78 is 0. The first-order valence-corrected chi connectivity index (χ1v) is 5.48. The predicted octanol–water partition coefficient (Wildman–Crippen LogP) is 2.25. The Bertz CT molecular complexity index is 575. The number of terminal acetylenes is 1. The van der Waals surface area contributed by atoms with E-state index in [2.05, 4.69) is 11.2 Å². The topological polar surface area (TPSA) is 29.1 Å². The highest BCUT2D eigenvalue weighted by Crippen LogP contribution is 2.18. The normalized spacial score (nSPS) is 10.1. The quantitative estimate of drug-likeness (QED) is 0.489. The average Bonchev–Trinajstić information content (AvgIpc) is 2.38. The molecule has 0 heterocycles. The van der Waals surface area contributed by atoms with Crippen LogP contribution in [0.25, 0.3) is 10.8 Å². The fourth-order valence-corrected chi connectivity index (χ4v) is 1.81. The summed E-state index contributed by atoms with van der Waals surface area (Å²) in [6, 6.07) is 13.6. The molecule has 0 spiro atoms. The summed E-state index contributed by atoms with van der Waals surface area (Å²) in [6.45, 7) is 0.689. The van der Waals surface area contributed by atoms with Gasteiger partial charge in [0.15, 0.2) is 5.78 Å². The predicted molar refractivity (Wildman–Crippen MR) is 70.0 cm³/mol. The van der Waals surface area contributed by atoms with Crippen molar-refractivity contribution in [2.24, 2.45) is 0 Å². The van der Waals surface area contributed by atoms with Gasteiger partial charge in [0.2, 0.25) is 0 Å². The van der Waals surface area contributed by atoms with Crippen molar-refractivity contribution in [3.8, 4) is 12.3 Å². The van der Waals surface area contributed by atoms with Gasteiger partial charge in [0, 0.05) is 5.56 Å². The Morgan fingerprint density at radius 1 is 1.18 bits per heavy atom. The van der Waals surface area contributed by atoms with Gasteiger partial charge in [-0.2, -0.15) is 0 Å². The monoisotopic (exact) mass is 223 g/mol. The van der Waals surface area contributed by atoms with E-state index in [1.54, 1.807) is 0 Å². The molecule has 84 valence electrons. The van der Waals surface area contributed by atoms with Crippen LogP contribution in [0.15, 0.2) is 42.5 Å². The molecular weight excluding hydrogens is 210 g/mol. The number of nitrogens with one attached hydrogen (secondary N) is 1. The standard InChI is InChI=1S/C15H13NO/c1-2-10-16-11-15(17)14-9-5-7-12-6-3-4-8-13(12)14/h1,3-9,16H,10-11H2. The molecule has 0 aromatic heterocycles. The molecule has 0 radical (unpaired) electrons. The third-order valence-corrected chi connectivity index (χ3v) is 2.60. The lowest BCUT2D eigenvalue weighted by molar-refractivity contribution is 0.0994. The minimum atomic E-state index is 0.0667. The zero-order valence-corrected chi connectivity index (χ0v) is 9.44. The molecule has 1 N–H and O–H groups in total. The van der Waals surface area contributed by atoms with E-state index in [4.69, 9.17) is 6.42 Å². The van der Waals surface area contributed by atoms with Gasteiger partial charge in [0.05, 0.1) is 13.1 Å². The van der Waals surface area contributed by atoms with Gasteiger partial charge in [-0.1, -0.05) is 48.4 Å². The minimum Gasteiger partial charge on any atom is -0.299 e. The van der Waals surface area contributed by atoms with Crippen molar-refractivity contribution >= 4 is 16.6 Å². The molecule has 0 aliphatic heterocycles. The van der Waals surface area contributed by atoms with Gasteiger partial charge in [0.25, 0.3) is 0 Å². The summed E-state index contributed by atoms with van der Waals surface area (Å²) in [5.41, 5.74) is 0.743. The van der Waals surface area contributed by atoms with Crippen LogP contribution in [-0.2, 0) is 0 Å². The fourth-order valence-electron chi connectivity index (χ4n) is 1.81. The zero-order valence-electron chi connectivity index (χ0n) is 9.44. The maximum Gasteiger partial charge on any atom is 0.177 e. The minimum absolute atomic E-state index is 0.0667. The van der Waals surface area contributed by atoms with E-state index in [1.165, 1.54) is 0 Å². The van der Waals surface area contributed by atoms with Crippen molar-refractivity contribution in [1.82, 2.24) is 5.32 Å². The highest BCUT2D eigenvalue weighted by molar-refractivity contribution is 6.09. The lowest BCUT2D eigenvalue weighted by atomic mass is 10.0. The van der Waals surface area contributed by atoms with Crippen molar-refractivity contribution in [1.29, 1.82) is 0 Å². The number of fused-ring (bicyclic) bond motifs is 1. The first-order valence-electron chi connectivity index (χ1n) is 5.48. The lowest BCUT2D eigenvalue weighted by Crippen LogP contribution is -2.23. The van der Waals surface area contributed by atoms with E-state index in [-0.39, 0.29) is 12.3 Å². The second-order valence-electron chi connectivity index (χ2n) is 3.76. The molecule has 0 aliphatic rings. The number of rotatable bonds is 4. The number of carbonyl (C=O) groups is 1. The van der Waals surface area contributed by atoms with Crippen LogP contribution in [-0.4, -0.2) is 18.9 Å². The zero-order chi connectivity index (χ0) is 12.1. The van der Waals surface area contributed by atoms with Gasteiger partial charge >= 0.3 is 0 Å². The molecule has 17 heavy (non-hydrogen) atoms. The highest BCUT2D eigenvalue weighted by atomic mass is 16.1. The molecule has 2 rings (SSSR count). The number of ketones is 1. The van der Waals surface area contributed by atoms with E-state index >= 15 is 0 Å². The Hall–Kier alpha value is -2.11. The second kappa shape index (κ2) is 5.29. The molecule has 0 atom stereocenters. The van der Waals surface area contributed by atoms with Crippen LogP contribution < -0.4 is 5.32 Å². The van der Waals surface area contributed by atoms with Gasteiger partial charge < -0.3 is 0 Å². The summed E-state index contributed by atoms with van der Waals surface area (Å²) in [5, 5.41) is 4.98. The largest absolute Gasteiger partial charge is 0.299 e. The number of hydrogen-bond acceptors (Lipinski definition) is 2. The molecule has 0 bridgehead atoms. The molecule has 0 unspecified atom stereocenters. The maximum atomic E-state index is 12.0. The molecule has 2 heteroatoms. The summed E-state index contributed by atoms with van der Waals surface area (Å²) in [4.78, 5) is 12.0. The van der Waals surface area contributed by atoms with Crippen LogP contribution in [0.2, 0.25) is 0 Å². The van der Waals surface area contributed by atoms with E-state index < -0.39 is 0 Å². The summed E-state index contributed by atoms with van der Waals surface area (Å²) >= 11 is 0. The maximum absolute atomic E-state index is 12.0. The Morgan fingerprint density at radius 3 is 2.76 bits per heavy atom. The van der Waals surface area contributed by atoms with Crippen LogP contribution in [0, 0.1) is 12.3 Å². The van der Waals surface area contributed by atoms with Gasteiger partial charge in [-0.3, -0.25) is 10.1 Å². The summed E-state index contributed by atoms with van der Waals surface area (Å²) in [5.74, 6) is 2.52. The van der Waals surface area contributed by atoms with Crippen LogP contribution in [0.1, 0.15) is 10.4 Å². The number of benzene rings is 2. The Kier molecular flexibility index (Phi) is 3.54. The Balaban J connectivity index is 2.29. The Morgan fingerprint density at radius 2 is 1.94 bits per heavy atom. The number of Topliss-reactive ketones (excluding diaryl/α,β-unsaturated/α-hetero) is 1. The van der Waals surface area contributed by atoms with E-state index in [0.717, 1.165) is 16.3 Å². The van der Waals surface area contributed by atoms with Gasteiger partial charge in [-0.15, -0.1) is 6.42 Å². The third kappa shape index (κ3) is 2.52. The third-order valence-electron chi connectivity index (χ3n) is 2.60. The van der Waals surface area contributed by atoms with Crippen LogP contribution in [0.3, 0.4) is 0 Å². The van der Waals surface area contributed by atoms with Crippen LogP contribution in [0.4, 0.5) is 0 Å². The first kappa shape index (κ1) is 11.4. The van der Waals surface area contributed by atoms with Crippen molar-refractivity contribution in [2.75, 3.05) is 13.1 Å². The smallest absolute Gasteiger partial charge is 0.177 e. The van der Waals surface area contributed by atoms with Gasteiger partial charge in [-0.05, 0) is 10.8 Å². The summed E-state index contributed by atoms with van der Waals surface area (Å²) in [6.07, 6.45) is 5.12. The fraction of sp³-hybridized carbons (Fsp3) is 0.133. The van der Waals surface area contributed by atoms with Gasteiger partial charge in [-0.25, -0.2) is 0 Å². The lowest BCUT2D eigenvalue weighted by Gasteiger charge is -2.05. The molecule has 2 aromatic carbocycles. The highest BCUT2D eigenvalue weighted by Gasteiger charge is 2.08. The van der Waals surface area contributed by atoms with Crippen LogP contribution in [0.5, 0.6) is 0 Å². The molecule has 0 amide bonds. The molecule has 2 nitrogen and oxygen atoms in total. The number of carbonyl (C=O) groups excluding carboxylic acids is 1. The SMILES string of the molecule is C#CCNCC(=O)c1cccc2ccccc12. The van der Waals surface area contributed by atoms with E-state index in [1.807, 2.05) is 42.5 Å². The van der Waals surface area contributed by atoms with Crippen molar-refractivity contribution in [3.63, 3.8) is 0 Å². The van der Waals surface area contributed by atoms with Crippen molar-refractivity contribution in [2.45, 2.75) is 0 Å². The molecule has 0 saturated carbocycles. The van der Waals surface area contributed by atoms with E-state index in [9.17, 15) is 4.79 Å². The van der Waals surface area contributed by atoms with Crippen LogP contribution >= 0.6 is 0 Å². The molecule has 2 aromatic rings. The first-order chi connectivity index (χ1) is 8.33.